The van der Waals surface area contributed by atoms with Crippen LogP contribution in [0.3, 0.4) is 0 Å². The Morgan fingerprint density at radius 1 is 0.318 bits per heavy atom. The third kappa shape index (κ3) is 39.0. The van der Waals surface area contributed by atoms with Crippen molar-refractivity contribution < 1.29 is 19.4 Å². The molecule has 0 bridgehead atoms. The second-order valence-corrected chi connectivity index (χ2v) is 13.8. The summed E-state index contributed by atoms with van der Waals surface area (Å²) in [6, 6.07) is 0. The van der Waals surface area contributed by atoms with E-state index >= 15 is 0 Å². The normalized spacial score (nSPS) is 11.3. The molecule has 0 aliphatic heterocycles. The van der Waals surface area contributed by atoms with Gasteiger partial charge in [-0.25, -0.2) is 0 Å². The molecule has 0 amide bonds. The monoisotopic (exact) mass is 623 g/mol. The van der Waals surface area contributed by atoms with E-state index in [0.29, 0.717) is 12.8 Å². The van der Waals surface area contributed by atoms with E-state index in [1.165, 1.54) is 213 Å². The summed E-state index contributed by atoms with van der Waals surface area (Å²) in [6.45, 7) is 0. The quantitative estimate of drug-likeness (QED) is 0.0549. The van der Waals surface area contributed by atoms with Crippen molar-refractivity contribution in [1.29, 1.82) is 0 Å². The number of ether oxygens (including phenoxy) is 1. The molecule has 0 heterocycles. The molecular formula is C40H78O4. The molecule has 1 N–H and O–H groups in total. The lowest BCUT2D eigenvalue weighted by molar-refractivity contribution is -0.141. The van der Waals surface area contributed by atoms with E-state index in [4.69, 9.17) is 5.11 Å². The summed E-state index contributed by atoms with van der Waals surface area (Å²) in [6.07, 6.45) is 48.7. The van der Waals surface area contributed by atoms with Gasteiger partial charge < -0.3 is 9.84 Å². The lowest BCUT2D eigenvalue weighted by Crippen LogP contribution is -1.99. The Kier molecular flexibility index (Phi) is 37.2. The van der Waals surface area contributed by atoms with Crippen LogP contribution >= 0.6 is 0 Å². The van der Waals surface area contributed by atoms with Crippen LogP contribution in [0.25, 0.3) is 0 Å². The van der Waals surface area contributed by atoms with Crippen molar-refractivity contribution in [3.63, 3.8) is 0 Å². The van der Waals surface area contributed by atoms with Gasteiger partial charge in [-0.15, -0.1) is 0 Å². The minimum Gasteiger partial charge on any atom is -0.481 e. The summed E-state index contributed by atoms with van der Waals surface area (Å²) in [4.78, 5) is 21.6. The highest BCUT2D eigenvalue weighted by molar-refractivity contribution is 5.69. The number of rotatable bonds is 38. The summed E-state index contributed by atoms with van der Waals surface area (Å²) in [5.74, 6) is -0.716. The van der Waals surface area contributed by atoms with Crippen molar-refractivity contribution in [2.45, 2.75) is 238 Å². The van der Waals surface area contributed by atoms with Crippen LogP contribution in [0.5, 0.6) is 0 Å². The van der Waals surface area contributed by atoms with Crippen LogP contribution in [0.4, 0.5) is 0 Å². The zero-order chi connectivity index (χ0) is 32.0. The molecule has 0 aromatic heterocycles. The van der Waals surface area contributed by atoms with Gasteiger partial charge in [-0.1, -0.05) is 212 Å². The van der Waals surface area contributed by atoms with Gasteiger partial charge in [-0.3, -0.25) is 9.59 Å². The first-order valence-corrected chi connectivity index (χ1v) is 20.0. The number of carbonyl (C=O) groups is 2. The summed E-state index contributed by atoms with van der Waals surface area (Å²) in [5.41, 5.74) is 0. The van der Waals surface area contributed by atoms with Gasteiger partial charge in [0, 0.05) is 12.8 Å². The van der Waals surface area contributed by atoms with Gasteiger partial charge in [0.25, 0.3) is 0 Å². The summed E-state index contributed by atoms with van der Waals surface area (Å²) < 4.78 is 4.68. The van der Waals surface area contributed by atoms with Crippen molar-refractivity contribution in [3.8, 4) is 0 Å². The molecule has 0 aromatic carbocycles. The van der Waals surface area contributed by atoms with Gasteiger partial charge in [0.1, 0.15) is 0 Å². The average molecular weight is 623 g/mol. The fourth-order valence-electron chi connectivity index (χ4n) is 6.48. The highest BCUT2D eigenvalue weighted by Gasteiger charge is 2.00. The lowest BCUT2D eigenvalue weighted by Gasteiger charge is -2.05. The van der Waals surface area contributed by atoms with Crippen LogP contribution in [0.1, 0.15) is 238 Å². The second-order valence-electron chi connectivity index (χ2n) is 13.8. The number of aliphatic carboxylic acids is 1. The molecule has 0 fully saturated rings. The van der Waals surface area contributed by atoms with Crippen LogP contribution in [0.2, 0.25) is 0 Å². The van der Waals surface area contributed by atoms with Crippen molar-refractivity contribution in [3.05, 3.63) is 0 Å². The van der Waals surface area contributed by atoms with E-state index in [1.54, 1.807) is 0 Å². The zero-order valence-corrected chi connectivity index (χ0v) is 29.8. The zero-order valence-electron chi connectivity index (χ0n) is 29.8. The van der Waals surface area contributed by atoms with Crippen molar-refractivity contribution in [1.82, 2.24) is 0 Å². The largest absolute Gasteiger partial charge is 0.481 e. The van der Waals surface area contributed by atoms with Crippen molar-refractivity contribution in [2.24, 2.45) is 0 Å². The number of carbonyl (C=O) groups excluding carboxylic acids is 1. The Hall–Kier alpha value is -1.06. The predicted octanol–water partition coefficient (Wildman–Crippen LogP) is 13.7. The van der Waals surface area contributed by atoms with Crippen LogP contribution in [-0.2, 0) is 14.3 Å². The Labute approximate surface area is 275 Å². The molecule has 0 unspecified atom stereocenters. The molecule has 0 aliphatic rings. The Balaban J connectivity index is 3.05. The molecule has 44 heavy (non-hydrogen) atoms. The average Bonchev–Trinajstić information content (AvgIpc) is 3.02. The highest BCUT2D eigenvalue weighted by atomic mass is 16.5. The third-order valence-electron chi connectivity index (χ3n) is 9.50. The number of methoxy groups -OCH3 is 1. The Bertz CT molecular complexity index is 576. The molecular weight excluding hydrogens is 544 g/mol. The van der Waals surface area contributed by atoms with Gasteiger partial charge in [-0.05, 0) is 12.8 Å². The van der Waals surface area contributed by atoms with Gasteiger partial charge in [0.05, 0.1) is 7.11 Å². The summed E-state index contributed by atoms with van der Waals surface area (Å²) in [5, 5.41) is 8.64. The van der Waals surface area contributed by atoms with E-state index in [1.807, 2.05) is 0 Å². The topological polar surface area (TPSA) is 63.6 Å². The van der Waals surface area contributed by atoms with Gasteiger partial charge >= 0.3 is 11.9 Å². The predicted molar refractivity (Wildman–Crippen MR) is 190 cm³/mol. The molecule has 0 saturated heterocycles. The lowest BCUT2D eigenvalue weighted by atomic mass is 10.0. The molecule has 0 aliphatic carbocycles. The standard InChI is InChI=1S/C40H78O4/c1-44-40(43)38-36-34-32-30-28-26-24-22-20-18-16-14-12-10-8-6-4-2-3-5-7-9-11-13-15-17-19-21-23-25-27-29-31-33-35-37-39(41)42/h2-38H2,1H3,(H,41,42). The molecule has 262 valence electrons. The fourth-order valence-corrected chi connectivity index (χ4v) is 6.48. The summed E-state index contributed by atoms with van der Waals surface area (Å²) >= 11 is 0. The number of unbranched alkanes of at least 4 members (excludes halogenated alkanes) is 34. The molecule has 4 heteroatoms. The van der Waals surface area contributed by atoms with E-state index in [9.17, 15) is 9.59 Å². The minimum atomic E-state index is -0.652. The first kappa shape index (κ1) is 42.9. The first-order valence-electron chi connectivity index (χ1n) is 20.0. The van der Waals surface area contributed by atoms with E-state index < -0.39 is 5.97 Å². The van der Waals surface area contributed by atoms with Gasteiger partial charge in [-0.2, -0.15) is 0 Å². The molecule has 0 rings (SSSR count). The maximum Gasteiger partial charge on any atom is 0.305 e. The second kappa shape index (κ2) is 38.1. The fraction of sp³-hybridized carbons (Fsp3) is 0.950. The van der Waals surface area contributed by atoms with E-state index in [2.05, 4.69) is 4.74 Å². The first-order chi connectivity index (χ1) is 21.7. The number of esters is 1. The number of carboxylic acid groups (broad SMARTS) is 1. The SMILES string of the molecule is COC(=O)CCCCCCCCCCCCCCCCCCCCCCCCCCCCCCCCCCCCCC(=O)O. The molecule has 0 atom stereocenters. The number of carboxylic acids is 1. The molecule has 0 spiro atoms. The van der Waals surface area contributed by atoms with Crippen LogP contribution in [0.15, 0.2) is 0 Å². The smallest absolute Gasteiger partial charge is 0.305 e. The molecule has 0 aromatic rings. The minimum absolute atomic E-state index is 0.0649. The number of hydrogen-bond donors (Lipinski definition) is 1. The van der Waals surface area contributed by atoms with Crippen LogP contribution in [-0.4, -0.2) is 24.2 Å². The van der Waals surface area contributed by atoms with Crippen molar-refractivity contribution >= 4 is 11.9 Å². The summed E-state index contributed by atoms with van der Waals surface area (Å²) in [7, 11) is 1.47. The Morgan fingerprint density at radius 2 is 0.477 bits per heavy atom. The number of hydrogen-bond acceptors (Lipinski definition) is 3. The van der Waals surface area contributed by atoms with Crippen LogP contribution in [0, 0.1) is 0 Å². The van der Waals surface area contributed by atoms with E-state index in [0.717, 1.165) is 19.3 Å². The van der Waals surface area contributed by atoms with Gasteiger partial charge in [0.15, 0.2) is 0 Å². The maximum atomic E-state index is 11.1. The molecule has 4 nitrogen and oxygen atoms in total. The van der Waals surface area contributed by atoms with Crippen LogP contribution < -0.4 is 0 Å². The third-order valence-corrected chi connectivity index (χ3v) is 9.50. The van der Waals surface area contributed by atoms with E-state index in [-0.39, 0.29) is 5.97 Å². The van der Waals surface area contributed by atoms with Crippen molar-refractivity contribution in [2.75, 3.05) is 7.11 Å². The Morgan fingerprint density at radius 3 is 0.636 bits per heavy atom. The highest BCUT2D eigenvalue weighted by Crippen LogP contribution is 2.17. The maximum absolute atomic E-state index is 11.1. The molecule has 0 saturated carbocycles. The van der Waals surface area contributed by atoms with Gasteiger partial charge in [0.2, 0.25) is 0 Å². The molecule has 0 radical (unpaired) electrons.